The van der Waals surface area contributed by atoms with Gasteiger partial charge in [-0.25, -0.2) is 0 Å². The van der Waals surface area contributed by atoms with Crippen molar-refractivity contribution >= 4 is 17.3 Å². The number of amides is 1. The van der Waals surface area contributed by atoms with Crippen molar-refractivity contribution in [2.45, 2.75) is 18.9 Å². The van der Waals surface area contributed by atoms with Gasteiger partial charge in [0.05, 0.1) is 11.3 Å². The molecule has 1 unspecified atom stereocenters. The van der Waals surface area contributed by atoms with Crippen LogP contribution in [-0.4, -0.2) is 18.5 Å². The van der Waals surface area contributed by atoms with Gasteiger partial charge >= 0.3 is 0 Å². The Labute approximate surface area is 130 Å². The molecule has 1 aliphatic carbocycles. The lowest BCUT2D eigenvalue weighted by atomic mass is 10.1. The average molecular weight is 295 g/mol. The van der Waals surface area contributed by atoms with E-state index in [0.29, 0.717) is 18.0 Å². The van der Waals surface area contributed by atoms with Gasteiger partial charge in [-0.05, 0) is 43.0 Å². The van der Waals surface area contributed by atoms with Crippen molar-refractivity contribution in [3.63, 3.8) is 0 Å². The zero-order chi connectivity index (χ0) is 15.4. The zero-order valence-corrected chi connectivity index (χ0v) is 12.5. The topological polar surface area (TPSA) is 67.1 Å². The zero-order valence-electron chi connectivity index (χ0n) is 12.5. The molecule has 0 heterocycles. The van der Waals surface area contributed by atoms with Gasteiger partial charge in [-0.15, -0.1) is 0 Å². The van der Waals surface area contributed by atoms with Crippen molar-refractivity contribution in [1.82, 2.24) is 5.32 Å². The van der Waals surface area contributed by atoms with Crippen LogP contribution in [0.4, 0.5) is 11.4 Å². The minimum absolute atomic E-state index is 0.0682. The van der Waals surface area contributed by atoms with Crippen LogP contribution in [0.5, 0.6) is 0 Å². The van der Waals surface area contributed by atoms with Gasteiger partial charge in [-0.1, -0.05) is 30.3 Å². The number of rotatable bonds is 6. The lowest BCUT2D eigenvalue weighted by Gasteiger charge is -2.18. The molecule has 4 N–H and O–H groups in total. The van der Waals surface area contributed by atoms with Crippen LogP contribution in [0.1, 0.15) is 23.2 Å². The van der Waals surface area contributed by atoms with Gasteiger partial charge in [0.2, 0.25) is 0 Å². The van der Waals surface area contributed by atoms with Crippen LogP contribution in [0.2, 0.25) is 0 Å². The van der Waals surface area contributed by atoms with E-state index in [1.807, 2.05) is 54.6 Å². The summed E-state index contributed by atoms with van der Waals surface area (Å²) in [5.41, 5.74) is 8.18. The average Bonchev–Trinajstić information content (AvgIpc) is 3.39. The molecule has 0 bridgehead atoms. The summed E-state index contributed by atoms with van der Waals surface area (Å²) < 4.78 is 0. The normalized spacial score (nSPS) is 15.1. The third-order valence-corrected chi connectivity index (χ3v) is 3.99. The van der Waals surface area contributed by atoms with Gasteiger partial charge in [0.1, 0.15) is 0 Å². The molecule has 4 nitrogen and oxygen atoms in total. The second-order valence-corrected chi connectivity index (χ2v) is 5.69. The maximum absolute atomic E-state index is 12.6. The summed E-state index contributed by atoms with van der Waals surface area (Å²) in [6.45, 7) is 0.491. The molecule has 22 heavy (non-hydrogen) atoms. The summed E-state index contributed by atoms with van der Waals surface area (Å²) >= 11 is 0. The molecule has 3 rings (SSSR count). The number of benzene rings is 2. The van der Waals surface area contributed by atoms with Gasteiger partial charge in [-0.3, -0.25) is 4.79 Å². The first-order chi connectivity index (χ1) is 10.8. The van der Waals surface area contributed by atoms with Crippen molar-refractivity contribution in [1.29, 1.82) is 0 Å². The van der Waals surface area contributed by atoms with Gasteiger partial charge in [0.25, 0.3) is 5.91 Å². The number of hydrogen-bond acceptors (Lipinski definition) is 3. The molecule has 0 radical (unpaired) electrons. The van der Waals surface area contributed by atoms with Crippen molar-refractivity contribution in [2.24, 2.45) is 11.7 Å². The number of nitrogens with one attached hydrogen (secondary N) is 2. The first-order valence-corrected chi connectivity index (χ1v) is 7.70. The molecule has 0 saturated heterocycles. The highest BCUT2D eigenvalue weighted by Gasteiger charge is 2.31. The van der Waals surface area contributed by atoms with Gasteiger partial charge in [-0.2, -0.15) is 0 Å². The van der Waals surface area contributed by atoms with Crippen molar-refractivity contribution in [3.05, 3.63) is 60.2 Å². The van der Waals surface area contributed by atoms with E-state index in [9.17, 15) is 4.79 Å². The fraction of sp³-hybridized carbons (Fsp3) is 0.278. The molecule has 2 aromatic carbocycles. The van der Waals surface area contributed by atoms with Crippen molar-refractivity contribution in [3.8, 4) is 0 Å². The van der Waals surface area contributed by atoms with E-state index in [1.54, 1.807) is 0 Å². The van der Waals surface area contributed by atoms with Crippen molar-refractivity contribution in [2.75, 3.05) is 11.9 Å². The van der Waals surface area contributed by atoms with Crippen LogP contribution in [0.15, 0.2) is 54.6 Å². The first-order valence-electron chi connectivity index (χ1n) is 7.70. The van der Waals surface area contributed by atoms with Gasteiger partial charge in [0, 0.05) is 18.3 Å². The van der Waals surface area contributed by atoms with Crippen LogP contribution >= 0.6 is 0 Å². The van der Waals surface area contributed by atoms with E-state index in [0.717, 1.165) is 24.2 Å². The van der Waals surface area contributed by atoms with E-state index in [4.69, 9.17) is 5.73 Å². The Morgan fingerprint density at radius 1 is 1.09 bits per heavy atom. The summed E-state index contributed by atoms with van der Waals surface area (Å²) in [6, 6.07) is 17.5. The molecule has 114 valence electrons. The minimum Gasteiger partial charge on any atom is -0.355 e. The summed E-state index contributed by atoms with van der Waals surface area (Å²) in [5.74, 6) is 0.476. The number of hydrogen-bond donors (Lipinski definition) is 3. The highest BCUT2D eigenvalue weighted by Crippen LogP contribution is 2.32. The maximum atomic E-state index is 12.6. The Kier molecular flexibility index (Phi) is 4.39. The fourth-order valence-electron chi connectivity index (χ4n) is 2.58. The molecule has 1 amide bonds. The Hall–Kier alpha value is -2.33. The van der Waals surface area contributed by atoms with E-state index in [-0.39, 0.29) is 11.9 Å². The number of anilines is 2. The quantitative estimate of drug-likeness (QED) is 0.767. The molecule has 1 fully saturated rings. The minimum atomic E-state index is -0.0682. The van der Waals surface area contributed by atoms with E-state index in [1.165, 1.54) is 0 Å². The summed E-state index contributed by atoms with van der Waals surface area (Å²) in [4.78, 5) is 12.6. The lowest BCUT2D eigenvalue weighted by molar-refractivity contribution is 0.0934. The molecular weight excluding hydrogens is 274 g/mol. The Bertz CT molecular complexity index is 638. The molecular formula is C18H21N3O. The smallest absolute Gasteiger partial charge is 0.253 e. The Balaban J connectivity index is 1.76. The fourth-order valence-corrected chi connectivity index (χ4v) is 2.58. The number of para-hydroxylation sites is 2. The summed E-state index contributed by atoms with van der Waals surface area (Å²) in [7, 11) is 0. The maximum Gasteiger partial charge on any atom is 0.253 e. The highest BCUT2D eigenvalue weighted by molar-refractivity contribution is 6.00. The summed E-state index contributed by atoms with van der Waals surface area (Å²) in [6.07, 6.45) is 2.32. The molecule has 1 aliphatic rings. The lowest BCUT2D eigenvalue weighted by Crippen LogP contribution is -2.41. The molecule has 1 atom stereocenters. The Morgan fingerprint density at radius 3 is 2.45 bits per heavy atom. The van der Waals surface area contributed by atoms with E-state index in [2.05, 4.69) is 10.6 Å². The van der Waals surface area contributed by atoms with Crippen LogP contribution in [0.3, 0.4) is 0 Å². The molecule has 0 aliphatic heterocycles. The van der Waals surface area contributed by atoms with Crippen LogP contribution in [-0.2, 0) is 0 Å². The molecule has 0 aromatic heterocycles. The molecule has 0 spiro atoms. The SMILES string of the molecule is NCC(NC(=O)c1ccccc1Nc1ccccc1)C1CC1. The highest BCUT2D eigenvalue weighted by atomic mass is 16.1. The number of carbonyl (C=O) groups excluding carboxylic acids is 1. The largest absolute Gasteiger partial charge is 0.355 e. The van der Waals surface area contributed by atoms with Gasteiger partial charge in [0.15, 0.2) is 0 Å². The van der Waals surface area contributed by atoms with Crippen LogP contribution in [0, 0.1) is 5.92 Å². The molecule has 4 heteroatoms. The van der Waals surface area contributed by atoms with E-state index < -0.39 is 0 Å². The number of nitrogens with two attached hydrogens (primary N) is 1. The second kappa shape index (κ2) is 6.62. The van der Waals surface area contributed by atoms with E-state index >= 15 is 0 Å². The molecule has 2 aromatic rings. The Morgan fingerprint density at radius 2 is 1.77 bits per heavy atom. The molecule has 1 saturated carbocycles. The van der Waals surface area contributed by atoms with Crippen LogP contribution < -0.4 is 16.4 Å². The first kappa shape index (κ1) is 14.6. The summed E-state index contributed by atoms with van der Waals surface area (Å²) in [5, 5.41) is 6.36. The predicted molar refractivity (Wildman–Crippen MR) is 89.2 cm³/mol. The monoisotopic (exact) mass is 295 g/mol. The van der Waals surface area contributed by atoms with Crippen molar-refractivity contribution < 1.29 is 4.79 Å². The third kappa shape index (κ3) is 3.46. The second-order valence-electron chi connectivity index (χ2n) is 5.69. The van der Waals surface area contributed by atoms with Gasteiger partial charge < -0.3 is 16.4 Å². The van der Waals surface area contributed by atoms with Crippen LogP contribution in [0.25, 0.3) is 0 Å². The number of carbonyl (C=O) groups is 1. The predicted octanol–water partition coefficient (Wildman–Crippen LogP) is 2.90. The standard InChI is InChI=1S/C18H21N3O/c19-12-17(13-10-11-13)21-18(22)15-8-4-5-9-16(15)20-14-6-2-1-3-7-14/h1-9,13,17,20H,10-12,19H2,(H,21,22). The third-order valence-electron chi connectivity index (χ3n) is 3.99.